The largest absolute Gasteiger partial charge is 0.490 e. The van der Waals surface area contributed by atoms with E-state index in [0.29, 0.717) is 5.92 Å². The fraction of sp³-hybridized carbons (Fsp3) is 0.625. The third kappa shape index (κ3) is 2.75. The van der Waals surface area contributed by atoms with Crippen LogP contribution in [0.2, 0.25) is 5.02 Å². The summed E-state index contributed by atoms with van der Waals surface area (Å²) in [4.78, 5) is 0. The quantitative estimate of drug-likeness (QED) is 0.831. The molecule has 104 valence electrons. The first-order chi connectivity index (χ1) is 9.13. The van der Waals surface area contributed by atoms with Crippen molar-refractivity contribution in [3.05, 3.63) is 28.8 Å². The summed E-state index contributed by atoms with van der Waals surface area (Å²) < 4.78 is 6.19. The number of halogens is 1. The molecule has 0 bridgehead atoms. The number of ether oxygens (including phenoxy) is 1. The average molecular weight is 280 g/mol. The van der Waals surface area contributed by atoms with Crippen LogP contribution in [0.3, 0.4) is 0 Å². The predicted molar refractivity (Wildman–Crippen MR) is 78.5 cm³/mol. The summed E-state index contributed by atoms with van der Waals surface area (Å²) in [5.41, 5.74) is 7.36. The molecule has 1 aromatic rings. The van der Waals surface area contributed by atoms with Crippen LogP contribution >= 0.6 is 11.6 Å². The summed E-state index contributed by atoms with van der Waals surface area (Å²) in [6.45, 7) is 2.35. The van der Waals surface area contributed by atoms with Crippen molar-refractivity contribution in [1.29, 1.82) is 0 Å². The molecule has 0 radical (unpaired) electrons. The molecule has 1 aliphatic carbocycles. The molecule has 3 rings (SSSR count). The normalized spacial score (nSPS) is 34.5. The van der Waals surface area contributed by atoms with Crippen molar-refractivity contribution >= 4 is 11.6 Å². The van der Waals surface area contributed by atoms with Gasteiger partial charge < -0.3 is 10.5 Å². The maximum absolute atomic E-state index is 6.30. The van der Waals surface area contributed by atoms with Crippen LogP contribution in [-0.4, -0.2) is 6.10 Å². The average Bonchev–Trinajstić information content (AvgIpc) is 2.40. The third-order valence-electron chi connectivity index (χ3n) is 4.72. The summed E-state index contributed by atoms with van der Waals surface area (Å²) in [5.74, 6) is 2.48. The van der Waals surface area contributed by atoms with Crippen LogP contribution in [0.15, 0.2) is 18.2 Å². The van der Waals surface area contributed by atoms with E-state index in [1.165, 1.54) is 25.7 Å². The maximum Gasteiger partial charge on any atom is 0.124 e. The van der Waals surface area contributed by atoms with Gasteiger partial charge in [0.1, 0.15) is 11.9 Å². The summed E-state index contributed by atoms with van der Waals surface area (Å²) >= 11 is 6.03. The lowest BCUT2D eigenvalue weighted by molar-refractivity contribution is 0.0703. The second kappa shape index (κ2) is 5.34. The molecule has 19 heavy (non-hydrogen) atoms. The number of hydrogen-bond donors (Lipinski definition) is 1. The molecule has 2 unspecified atom stereocenters. The van der Waals surface area contributed by atoms with Crippen LogP contribution in [0, 0.1) is 11.8 Å². The number of rotatable bonds is 1. The molecule has 0 amide bonds. The fourth-order valence-electron chi connectivity index (χ4n) is 3.45. The van der Waals surface area contributed by atoms with E-state index in [1.54, 1.807) is 0 Å². The zero-order valence-corrected chi connectivity index (χ0v) is 12.2. The standard InChI is InChI=1S/C16H22ClNO/c1-10-2-4-11(5-3-10)16-9-14(18)13-8-12(17)6-7-15(13)19-16/h6-8,10-11,14,16H,2-5,9,18H2,1H3. The first kappa shape index (κ1) is 13.3. The Morgan fingerprint density at radius 3 is 2.68 bits per heavy atom. The Balaban J connectivity index is 1.75. The summed E-state index contributed by atoms with van der Waals surface area (Å²) in [6.07, 6.45) is 6.42. The molecular formula is C16H22ClNO. The molecule has 2 aliphatic rings. The molecule has 2 N–H and O–H groups in total. The number of hydrogen-bond acceptors (Lipinski definition) is 2. The van der Waals surface area contributed by atoms with E-state index in [4.69, 9.17) is 22.1 Å². The highest BCUT2D eigenvalue weighted by molar-refractivity contribution is 6.30. The monoisotopic (exact) mass is 279 g/mol. The minimum atomic E-state index is 0.0619. The van der Waals surface area contributed by atoms with Crippen LogP contribution in [0.1, 0.15) is 50.6 Å². The first-order valence-corrected chi connectivity index (χ1v) is 7.73. The lowest BCUT2D eigenvalue weighted by Gasteiger charge is -2.38. The van der Waals surface area contributed by atoms with E-state index in [2.05, 4.69) is 6.92 Å². The summed E-state index contributed by atoms with van der Waals surface area (Å²) in [5, 5.41) is 0.739. The zero-order chi connectivity index (χ0) is 13.4. The van der Waals surface area contributed by atoms with Crippen molar-refractivity contribution in [1.82, 2.24) is 0 Å². The van der Waals surface area contributed by atoms with Gasteiger partial charge in [0.25, 0.3) is 0 Å². The molecule has 2 atom stereocenters. The van der Waals surface area contributed by atoms with Gasteiger partial charge in [-0.15, -0.1) is 0 Å². The van der Waals surface area contributed by atoms with E-state index >= 15 is 0 Å². The van der Waals surface area contributed by atoms with Gasteiger partial charge >= 0.3 is 0 Å². The fourth-order valence-corrected chi connectivity index (χ4v) is 3.63. The van der Waals surface area contributed by atoms with Gasteiger partial charge in [-0.25, -0.2) is 0 Å². The van der Waals surface area contributed by atoms with E-state index in [1.807, 2.05) is 18.2 Å². The van der Waals surface area contributed by atoms with Gasteiger partial charge in [0, 0.05) is 23.0 Å². The third-order valence-corrected chi connectivity index (χ3v) is 4.96. The minimum absolute atomic E-state index is 0.0619. The summed E-state index contributed by atoms with van der Waals surface area (Å²) in [7, 11) is 0. The highest BCUT2D eigenvalue weighted by atomic mass is 35.5. The Hall–Kier alpha value is -0.730. The van der Waals surface area contributed by atoms with Crippen LogP contribution in [0.5, 0.6) is 5.75 Å². The van der Waals surface area contributed by atoms with Crippen molar-refractivity contribution in [2.24, 2.45) is 17.6 Å². The van der Waals surface area contributed by atoms with Gasteiger partial charge in [0.05, 0.1) is 0 Å². The molecule has 2 nitrogen and oxygen atoms in total. The minimum Gasteiger partial charge on any atom is -0.490 e. The summed E-state index contributed by atoms with van der Waals surface area (Å²) in [6, 6.07) is 5.86. The van der Waals surface area contributed by atoms with Gasteiger partial charge in [-0.05, 0) is 42.9 Å². The number of fused-ring (bicyclic) bond motifs is 1. The van der Waals surface area contributed by atoms with Gasteiger partial charge in [-0.3, -0.25) is 0 Å². The number of nitrogens with two attached hydrogens (primary N) is 1. The lowest BCUT2D eigenvalue weighted by atomic mass is 9.77. The molecule has 1 saturated carbocycles. The Morgan fingerprint density at radius 2 is 1.95 bits per heavy atom. The molecule has 0 saturated heterocycles. The number of benzene rings is 1. The molecule has 0 spiro atoms. The van der Waals surface area contributed by atoms with E-state index < -0.39 is 0 Å². The van der Waals surface area contributed by atoms with E-state index in [0.717, 1.165) is 28.7 Å². The van der Waals surface area contributed by atoms with Crippen molar-refractivity contribution in [2.45, 2.75) is 51.2 Å². The molecule has 3 heteroatoms. The van der Waals surface area contributed by atoms with Gasteiger partial charge in [-0.1, -0.05) is 31.4 Å². The predicted octanol–water partition coefficient (Wildman–Crippen LogP) is 4.32. The van der Waals surface area contributed by atoms with Crippen molar-refractivity contribution in [3.63, 3.8) is 0 Å². The van der Waals surface area contributed by atoms with E-state index in [9.17, 15) is 0 Å². The van der Waals surface area contributed by atoms with Crippen molar-refractivity contribution in [2.75, 3.05) is 0 Å². The maximum atomic E-state index is 6.30. The Kier molecular flexibility index (Phi) is 3.72. The van der Waals surface area contributed by atoms with Gasteiger partial charge in [0.2, 0.25) is 0 Å². The second-order valence-electron chi connectivity index (χ2n) is 6.20. The molecular weight excluding hydrogens is 258 g/mol. The molecule has 1 heterocycles. The second-order valence-corrected chi connectivity index (χ2v) is 6.64. The Bertz CT molecular complexity index is 454. The molecule has 1 aromatic carbocycles. The van der Waals surface area contributed by atoms with Crippen LogP contribution < -0.4 is 10.5 Å². The van der Waals surface area contributed by atoms with Gasteiger partial charge in [-0.2, -0.15) is 0 Å². The highest BCUT2D eigenvalue weighted by Gasteiger charge is 2.33. The Labute approximate surface area is 120 Å². The van der Waals surface area contributed by atoms with Gasteiger partial charge in [0.15, 0.2) is 0 Å². The molecule has 1 fully saturated rings. The lowest BCUT2D eigenvalue weighted by Crippen LogP contribution is -2.36. The van der Waals surface area contributed by atoms with E-state index in [-0.39, 0.29) is 12.1 Å². The molecule has 0 aromatic heterocycles. The van der Waals surface area contributed by atoms with Crippen LogP contribution in [0.25, 0.3) is 0 Å². The topological polar surface area (TPSA) is 35.2 Å². The SMILES string of the molecule is CC1CCC(C2CC(N)c3cc(Cl)ccc3O2)CC1. The Morgan fingerprint density at radius 1 is 1.21 bits per heavy atom. The van der Waals surface area contributed by atoms with Crippen LogP contribution in [0.4, 0.5) is 0 Å². The van der Waals surface area contributed by atoms with Crippen molar-refractivity contribution in [3.8, 4) is 5.75 Å². The smallest absolute Gasteiger partial charge is 0.124 e. The highest BCUT2D eigenvalue weighted by Crippen LogP contribution is 2.41. The first-order valence-electron chi connectivity index (χ1n) is 7.35. The van der Waals surface area contributed by atoms with Crippen LogP contribution in [-0.2, 0) is 0 Å². The van der Waals surface area contributed by atoms with Crippen molar-refractivity contribution < 1.29 is 4.74 Å². The zero-order valence-electron chi connectivity index (χ0n) is 11.4. The molecule has 1 aliphatic heterocycles.